The first-order chi connectivity index (χ1) is 13.8. The van der Waals surface area contributed by atoms with Crippen molar-refractivity contribution in [2.75, 3.05) is 25.0 Å². The largest absolute Gasteiger partial charge is 0.492 e. The topological polar surface area (TPSA) is 66.8 Å². The first-order valence-electron chi connectivity index (χ1n) is 9.78. The minimum absolute atomic E-state index is 0.0215. The summed E-state index contributed by atoms with van der Waals surface area (Å²) >= 11 is 0. The number of piperidine rings is 1. The summed E-state index contributed by atoms with van der Waals surface area (Å²) in [7, 11) is 0. The van der Waals surface area contributed by atoms with Crippen LogP contribution >= 0.6 is 0 Å². The number of dihydropyridines is 1. The van der Waals surface area contributed by atoms with Crippen LogP contribution in [0.25, 0.3) is 0 Å². The number of rotatable bonds is 5. The average Bonchev–Trinajstić information content (AvgIpc) is 2.69. The van der Waals surface area contributed by atoms with Crippen LogP contribution < -0.4 is 5.32 Å². The van der Waals surface area contributed by atoms with E-state index < -0.39 is 11.7 Å². The Morgan fingerprint density at radius 2 is 2.17 bits per heavy atom. The van der Waals surface area contributed by atoms with Gasteiger partial charge in [-0.05, 0) is 51.3 Å². The number of hydrogen-bond acceptors (Lipinski definition) is 5. The van der Waals surface area contributed by atoms with E-state index in [0.29, 0.717) is 37.0 Å². The first-order valence-corrected chi connectivity index (χ1v) is 9.78. The van der Waals surface area contributed by atoms with Crippen LogP contribution in [0.1, 0.15) is 38.7 Å². The quantitative estimate of drug-likeness (QED) is 0.805. The van der Waals surface area contributed by atoms with E-state index in [2.05, 4.69) is 15.3 Å². The van der Waals surface area contributed by atoms with Crippen molar-refractivity contribution in [3.05, 3.63) is 35.7 Å². The van der Waals surface area contributed by atoms with Gasteiger partial charge in [0.2, 0.25) is 0 Å². The fraction of sp³-hybridized carbons (Fsp3) is 0.550. The standard InChI is InChI=1S/C20H25F3N4O2/c1-3-29-16-8-6-13(2)25-18(16)19(28)27-10-4-5-15(12-27)26-17-9-7-14(11-24-17)20(21,22)23/h7-9,11,13,15H,3-6,10,12H2,1-2H3,(H,24,26). The van der Waals surface area contributed by atoms with Crippen molar-refractivity contribution in [3.63, 3.8) is 0 Å². The molecule has 0 spiro atoms. The van der Waals surface area contributed by atoms with E-state index in [1.165, 1.54) is 6.07 Å². The van der Waals surface area contributed by atoms with Crippen LogP contribution in [0, 0.1) is 0 Å². The summed E-state index contributed by atoms with van der Waals surface area (Å²) in [5, 5.41) is 3.13. The van der Waals surface area contributed by atoms with E-state index in [4.69, 9.17) is 4.74 Å². The summed E-state index contributed by atoms with van der Waals surface area (Å²) in [6, 6.07) is 2.23. The van der Waals surface area contributed by atoms with Crippen LogP contribution in [-0.2, 0) is 15.7 Å². The molecule has 1 fully saturated rings. The maximum Gasteiger partial charge on any atom is 0.417 e. The van der Waals surface area contributed by atoms with Crippen LogP contribution in [0.15, 0.2) is 35.2 Å². The minimum atomic E-state index is -4.41. The van der Waals surface area contributed by atoms with Crippen molar-refractivity contribution >= 4 is 17.4 Å². The Balaban J connectivity index is 1.65. The number of carbonyl (C=O) groups excluding carboxylic acids is 1. The summed E-state index contributed by atoms with van der Waals surface area (Å²) in [6.45, 7) is 5.29. The minimum Gasteiger partial charge on any atom is -0.492 e. The number of nitrogens with zero attached hydrogens (tertiary/aromatic N) is 3. The monoisotopic (exact) mass is 410 g/mol. The molecule has 3 heterocycles. The molecule has 158 valence electrons. The van der Waals surface area contributed by atoms with Gasteiger partial charge in [-0.3, -0.25) is 9.79 Å². The van der Waals surface area contributed by atoms with Crippen molar-refractivity contribution in [1.29, 1.82) is 0 Å². The van der Waals surface area contributed by atoms with E-state index in [9.17, 15) is 18.0 Å². The lowest BCUT2D eigenvalue weighted by Crippen LogP contribution is -2.48. The molecular formula is C20H25F3N4O2. The predicted octanol–water partition coefficient (Wildman–Crippen LogP) is 3.66. The molecule has 0 radical (unpaired) electrons. The lowest BCUT2D eigenvalue weighted by Gasteiger charge is -2.34. The van der Waals surface area contributed by atoms with Gasteiger partial charge in [0.25, 0.3) is 5.91 Å². The van der Waals surface area contributed by atoms with Crippen molar-refractivity contribution in [3.8, 4) is 0 Å². The summed E-state index contributed by atoms with van der Waals surface area (Å²) in [5.41, 5.74) is -0.443. The number of ether oxygens (including phenoxy) is 1. The second-order valence-corrected chi connectivity index (χ2v) is 7.23. The van der Waals surface area contributed by atoms with E-state index in [0.717, 1.165) is 31.5 Å². The normalized spacial score (nSPS) is 22.6. The Bertz CT molecular complexity index is 790. The molecule has 1 aromatic rings. The van der Waals surface area contributed by atoms with E-state index in [-0.39, 0.29) is 18.0 Å². The highest BCUT2D eigenvalue weighted by atomic mass is 19.4. The zero-order valence-corrected chi connectivity index (χ0v) is 16.5. The molecule has 1 amide bonds. The molecule has 3 rings (SSSR count). The Morgan fingerprint density at radius 3 is 2.83 bits per heavy atom. The lowest BCUT2D eigenvalue weighted by molar-refractivity contribution is -0.137. The van der Waals surface area contributed by atoms with Crippen LogP contribution in [0.2, 0.25) is 0 Å². The van der Waals surface area contributed by atoms with Gasteiger partial charge in [0.05, 0.1) is 18.2 Å². The molecule has 0 saturated carbocycles. The van der Waals surface area contributed by atoms with Crippen LogP contribution in [0.3, 0.4) is 0 Å². The molecule has 9 heteroatoms. The Kier molecular flexibility index (Phi) is 6.44. The molecule has 2 atom stereocenters. The SMILES string of the molecule is CCOC1=CCC(C)N=C1C(=O)N1CCCC(Nc2ccc(C(F)(F)F)cn2)C1. The number of halogens is 3. The van der Waals surface area contributed by atoms with Gasteiger partial charge in [0.15, 0.2) is 5.71 Å². The molecular weight excluding hydrogens is 385 g/mol. The van der Waals surface area contributed by atoms with Gasteiger partial charge in [-0.1, -0.05) is 0 Å². The number of aromatic nitrogens is 1. The number of amides is 1. The van der Waals surface area contributed by atoms with Crippen LogP contribution in [-0.4, -0.2) is 53.3 Å². The third kappa shape index (κ3) is 5.27. The van der Waals surface area contributed by atoms with E-state index in [1.54, 1.807) is 4.90 Å². The maximum atomic E-state index is 13.0. The molecule has 0 bridgehead atoms. The Hall–Kier alpha value is -2.58. The van der Waals surface area contributed by atoms with Gasteiger partial charge < -0.3 is 15.0 Å². The zero-order valence-electron chi connectivity index (χ0n) is 16.5. The molecule has 29 heavy (non-hydrogen) atoms. The van der Waals surface area contributed by atoms with Gasteiger partial charge in [-0.15, -0.1) is 0 Å². The van der Waals surface area contributed by atoms with Gasteiger partial charge >= 0.3 is 6.18 Å². The highest BCUT2D eigenvalue weighted by Gasteiger charge is 2.32. The number of nitrogens with one attached hydrogen (secondary N) is 1. The Labute approximate surface area is 167 Å². The molecule has 2 aliphatic rings. The molecule has 2 unspecified atom stereocenters. The second-order valence-electron chi connectivity index (χ2n) is 7.23. The summed E-state index contributed by atoms with van der Waals surface area (Å²) in [4.78, 5) is 23.1. The third-order valence-electron chi connectivity index (χ3n) is 4.88. The number of carbonyl (C=O) groups is 1. The van der Waals surface area contributed by atoms with E-state index >= 15 is 0 Å². The van der Waals surface area contributed by atoms with Crippen LogP contribution in [0.5, 0.6) is 0 Å². The van der Waals surface area contributed by atoms with Gasteiger partial charge in [0, 0.05) is 25.3 Å². The van der Waals surface area contributed by atoms with Gasteiger partial charge in [0.1, 0.15) is 11.6 Å². The molecule has 0 aliphatic carbocycles. The highest BCUT2D eigenvalue weighted by molar-refractivity contribution is 6.44. The molecule has 1 N–H and O–H groups in total. The molecule has 6 nitrogen and oxygen atoms in total. The molecule has 2 aliphatic heterocycles. The average molecular weight is 410 g/mol. The van der Waals surface area contributed by atoms with Crippen LogP contribution in [0.4, 0.5) is 19.0 Å². The smallest absolute Gasteiger partial charge is 0.417 e. The van der Waals surface area contributed by atoms with Gasteiger partial charge in [-0.2, -0.15) is 13.2 Å². The van der Waals surface area contributed by atoms with Crippen molar-refractivity contribution in [2.24, 2.45) is 4.99 Å². The van der Waals surface area contributed by atoms with Crippen molar-refractivity contribution in [1.82, 2.24) is 9.88 Å². The van der Waals surface area contributed by atoms with Gasteiger partial charge in [-0.25, -0.2) is 4.98 Å². The number of hydrogen-bond donors (Lipinski definition) is 1. The number of alkyl halides is 3. The first kappa shape index (κ1) is 21.1. The summed E-state index contributed by atoms with van der Waals surface area (Å²) in [6.07, 6.45) is 0.606. The highest BCUT2D eigenvalue weighted by Crippen LogP contribution is 2.29. The Morgan fingerprint density at radius 1 is 1.38 bits per heavy atom. The number of likely N-dealkylation sites (tertiary alicyclic amines) is 1. The lowest BCUT2D eigenvalue weighted by atomic mass is 10.0. The van der Waals surface area contributed by atoms with Crippen molar-refractivity contribution in [2.45, 2.75) is 51.4 Å². The molecule has 1 aromatic heterocycles. The fourth-order valence-corrected chi connectivity index (χ4v) is 3.44. The number of pyridine rings is 1. The van der Waals surface area contributed by atoms with E-state index in [1.807, 2.05) is 19.9 Å². The summed E-state index contributed by atoms with van der Waals surface area (Å²) in [5.74, 6) is 0.703. The second kappa shape index (κ2) is 8.84. The molecule has 1 saturated heterocycles. The number of anilines is 1. The maximum absolute atomic E-state index is 13.0. The number of aliphatic imine (C=N–C) groups is 1. The predicted molar refractivity (Wildman–Crippen MR) is 104 cm³/mol. The zero-order chi connectivity index (χ0) is 21.0. The fourth-order valence-electron chi connectivity index (χ4n) is 3.44. The summed E-state index contributed by atoms with van der Waals surface area (Å²) < 4.78 is 43.6. The third-order valence-corrected chi connectivity index (χ3v) is 4.88. The molecule has 0 aromatic carbocycles. The van der Waals surface area contributed by atoms with Crippen molar-refractivity contribution < 1.29 is 22.7 Å².